The standard InChI is InChI=1S/C15H18N4O5/c1-23-11-5-3-4-10(13(11)24-2)17-15(22)18-7-9(8-18)19-12(20)6-16-14(19)21/h3-5,9H,6-8H2,1-2H3,(H,16,21)(H,17,22). The Morgan fingerprint density at radius 2 is 2.00 bits per heavy atom. The molecule has 0 unspecified atom stereocenters. The summed E-state index contributed by atoms with van der Waals surface area (Å²) in [7, 11) is 3.01. The molecule has 2 fully saturated rings. The van der Waals surface area contributed by atoms with Crippen molar-refractivity contribution in [3.63, 3.8) is 0 Å². The quantitative estimate of drug-likeness (QED) is 0.780. The van der Waals surface area contributed by atoms with E-state index in [9.17, 15) is 14.4 Å². The van der Waals surface area contributed by atoms with Gasteiger partial charge in [0.25, 0.3) is 0 Å². The third-order valence-electron chi connectivity index (χ3n) is 4.04. The molecular weight excluding hydrogens is 316 g/mol. The smallest absolute Gasteiger partial charge is 0.324 e. The lowest BCUT2D eigenvalue weighted by Crippen LogP contribution is -2.63. The summed E-state index contributed by atoms with van der Waals surface area (Å²) in [6.45, 7) is 0.622. The van der Waals surface area contributed by atoms with Gasteiger partial charge in [-0.2, -0.15) is 0 Å². The molecule has 9 nitrogen and oxygen atoms in total. The zero-order valence-electron chi connectivity index (χ0n) is 13.4. The minimum atomic E-state index is -0.403. The second-order valence-corrected chi connectivity index (χ2v) is 5.45. The SMILES string of the molecule is COc1cccc(NC(=O)N2CC(N3C(=O)CNC3=O)C2)c1OC. The van der Waals surface area contributed by atoms with E-state index in [0.717, 1.165) is 0 Å². The van der Waals surface area contributed by atoms with E-state index in [2.05, 4.69) is 10.6 Å². The average Bonchev–Trinajstić information content (AvgIpc) is 2.85. The molecule has 0 saturated carbocycles. The van der Waals surface area contributed by atoms with Crippen molar-refractivity contribution in [3.8, 4) is 11.5 Å². The lowest BCUT2D eigenvalue weighted by Gasteiger charge is -2.42. The highest BCUT2D eigenvalue weighted by molar-refractivity contribution is 6.02. The fourth-order valence-electron chi connectivity index (χ4n) is 2.77. The van der Waals surface area contributed by atoms with E-state index in [-0.39, 0.29) is 24.5 Å². The number of ether oxygens (including phenoxy) is 2. The minimum Gasteiger partial charge on any atom is -0.493 e. The van der Waals surface area contributed by atoms with Crippen LogP contribution < -0.4 is 20.1 Å². The highest BCUT2D eigenvalue weighted by Gasteiger charge is 2.43. The molecule has 2 N–H and O–H groups in total. The van der Waals surface area contributed by atoms with Crippen molar-refractivity contribution in [2.24, 2.45) is 0 Å². The second kappa shape index (κ2) is 6.26. The van der Waals surface area contributed by atoms with Gasteiger partial charge in [-0.3, -0.25) is 9.69 Å². The van der Waals surface area contributed by atoms with E-state index in [1.165, 1.54) is 24.0 Å². The van der Waals surface area contributed by atoms with Gasteiger partial charge in [0.1, 0.15) is 0 Å². The van der Waals surface area contributed by atoms with Gasteiger partial charge in [0.2, 0.25) is 5.91 Å². The van der Waals surface area contributed by atoms with E-state index in [1.807, 2.05) is 0 Å². The van der Waals surface area contributed by atoms with Crippen molar-refractivity contribution in [2.75, 3.05) is 39.2 Å². The Morgan fingerprint density at radius 1 is 1.25 bits per heavy atom. The van der Waals surface area contributed by atoms with Crippen molar-refractivity contribution in [1.82, 2.24) is 15.1 Å². The van der Waals surface area contributed by atoms with Crippen molar-refractivity contribution in [1.29, 1.82) is 0 Å². The predicted octanol–water partition coefficient (Wildman–Crippen LogP) is 0.472. The summed E-state index contributed by atoms with van der Waals surface area (Å²) in [6.07, 6.45) is 0. The fourth-order valence-corrected chi connectivity index (χ4v) is 2.77. The number of nitrogens with one attached hydrogen (secondary N) is 2. The number of benzene rings is 1. The molecule has 0 aromatic heterocycles. The van der Waals surface area contributed by atoms with Crippen LogP contribution >= 0.6 is 0 Å². The number of anilines is 1. The van der Waals surface area contributed by atoms with Gasteiger partial charge in [0.05, 0.1) is 32.5 Å². The molecule has 0 atom stereocenters. The molecule has 2 saturated heterocycles. The first-order valence-corrected chi connectivity index (χ1v) is 7.42. The lowest BCUT2D eigenvalue weighted by atomic mass is 10.1. The number of methoxy groups -OCH3 is 2. The van der Waals surface area contributed by atoms with Gasteiger partial charge in [-0.1, -0.05) is 6.07 Å². The number of likely N-dealkylation sites (tertiary alicyclic amines) is 1. The van der Waals surface area contributed by atoms with Crippen LogP contribution in [0.15, 0.2) is 18.2 Å². The first-order chi connectivity index (χ1) is 11.5. The Labute approximate surface area is 138 Å². The van der Waals surface area contributed by atoms with E-state index in [1.54, 1.807) is 18.2 Å². The summed E-state index contributed by atoms with van der Waals surface area (Å²) >= 11 is 0. The zero-order valence-corrected chi connectivity index (χ0v) is 13.4. The Hall–Kier alpha value is -2.97. The van der Waals surface area contributed by atoms with Gasteiger partial charge in [0, 0.05) is 13.1 Å². The van der Waals surface area contributed by atoms with Crippen molar-refractivity contribution >= 4 is 23.7 Å². The molecule has 5 amide bonds. The fraction of sp³-hybridized carbons (Fsp3) is 0.400. The molecule has 0 radical (unpaired) electrons. The number of urea groups is 2. The molecular formula is C15H18N4O5. The number of imide groups is 1. The van der Waals surface area contributed by atoms with E-state index < -0.39 is 6.03 Å². The van der Waals surface area contributed by atoms with Crippen molar-refractivity contribution in [2.45, 2.75) is 6.04 Å². The third kappa shape index (κ3) is 2.68. The molecule has 3 rings (SSSR count). The van der Waals surface area contributed by atoms with Crippen LogP contribution in [-0.2, 0) is 4.79 Å². The Bertz CT molecular complexity index is 670. The number of para-hydroxylation sites is 1. The van der Waals surface area contributed by atoms with Gasteiger partial charge in [-0.05, 0) is 12.1 Å². The summed E-state index contributed by atoms with van der Waals surface area (Å²) < 4.78 is 10.5. The molecule has 9 heteroatoms. The number of rotatable bonds is 4. The maximum atomic E-state index is 12.3. The zero-order chi connectivity index (χ0) is 17.3. The van der Waals surface area contributed by atoms with Crippen LogP contribution in [0.5, 0.6) is 11.5 Å². The summed E-state index contributed by atoms with van der Waals surface area (Å²) in [4.78, 5) is 38.2. The molecule has 2 aliphatic rings. The van der Waals surface area contributed by atoms with Crippen LogP contribution in [0.2, 0.25) is 0 Å². The van der Waals surface area contributed by atoms with Crippen LogP contribution in [0.4, 0.5) is 15.3 Å². The van der Waals surface area contributed by atoms with Crippen LogP contribution in [0.3, 0.4) is 0 Å². The number of carbonyl (C=O) groups is 3. The molecule has 24 heavy (non-hydrogen) atoms. The highest BCUT2D eigenvalue weighted by Crippen LogP contribution is 2.35. The van der Waals surface area contributed by atoms with Crippen LogP contribution in [0.25, 0.3) is 0 Å². The average molecular weight is 334 g/mol. The van der Waals surface area contributed by atoms with Gasteiger partial charge in [-0.15, -0.1) is 0 Å². The second-order valence-electron chi connectivity index (χ2n) is 5.45. The molecule has 128 valence electrons. The summed E-state index contributed by atoms with van der Waals surface area (Å²) in [5, 5.41) is 5.22. The van der Waals surface area contributed by atoms with E-state index in [4.69, 9.17) is 9.47 Å². The van der Waals surface area contributed by atoms with Crippen molar-refractivity contribution in [3.05, 3.63) is 18.2 Å². The third-order valence-corrected chi connectivity index (χ3v) is 4.04. The molecule has 2 heterocycles. The maximum absolute atomic E-state index is 12.3. The number of amides is 5. The first-order valence-electron chi connectivity index (χ1n) is 7.42. The number of nitrogens with zero attached hydrogens (tertiary/aromatic N) is 2. The van der Waals surface area contributed by atoms with Crippen molar-refractivity contribution < 1.29 is 23.9 Å². The first kappa shape index (κ1) is 15.9. The normalized spacial score (nSPS) is 17.4. The minimum absolute atomic E-state index is 0.0164. The Balaban J connectivity index is 1.62. The predicted molar refractivity (Wildman–Crippen MR) is 84.2 cm³/mol. The number of carbonyl (C=O) groups excluding carboxylic acids is 3. The summed E-state index contributed by atoms with van der Waals surface area (Å²) in [5.74, 6) is 0.676. The van der Waals surface area contributed by atoms with Gasteiger partial charge in [0.15, 0.2) is 11.5 Å². The lowest BCUT2D eigenvalue weighted by molar-refractivity contribution is -0.128. The van der Waals surface area contributed by atoms with Crippen LogP contribution in [0, 0.1) is 0 Å². The number of hydrogen-bond donors (Lipinski definition) is 2. The molecule has 0 bridgehead atoms. The van der Waals surface area contributed by atoms with Crippen LogP contribution in [-0.4, -0.2) is 67.7 Å². The summed E-state index contributed by atoms with van der Waals surface area (Å²) in [6, 6.07) is 4.16. The maximum Gasteiger partial charge on any atom is 0.324 e. The number of hydrogen-bond acceptors (Lipinski definition) is 5. The topological polar surface area (TPSA) is 100 Å². The monoisotopic (exact) mass is 334 g/mol. The van der Waals surface area contributed by atoms with Crippen LogP contribution in [0.1, 0.15) is 0 Å². The van der Waals surface area contributed by atoms with Gasteiger partial charge in [-0.25, -0.2) is 9.59 Å². The summed E-state index contributed by atoms with van der Waals surface area (Å²) in [5.41, 5.74) is 0.486. The molecule has 2 aliphatic heterocycles. The van der Waals surface area contributed by atoms with Gasteiger partial charge >= 0.3 is 12.1 Å². The largest absolute Gasteiger partial charge is 0.493 e. The molecule has 0 aliphatic carbocycles. The Kier molecular flexibility index (Phi) is 4.15. The molecule has 1 aromatic rings. The van der Waals surface area contributed by atoms with E-state index >= 15 is 0 Å². The Morgan fingerprint density at radius 3 is 2.58 bits per heavy atom. The molecule has 0 spiro atoms. The van der Waals surface area contributed by atoms with Gasteiger partial charge < -0.3 is 25.0 Å². The highest BCUT2D eigenvalue weighted by atomic mass is 16.5. The van der Waals surface area contributed by atoms with E-state index in [0.29, 0.717) is 30.3 Å². The molecule has 1 aromatic carbocycles.